The number of unbranched alkanes of at least 4 members (excludes halogenated alkanes) is 2. The van der Waals surface area contributed by atoms with E-state index < -0.39 is 12.1 Å². The largest absolute Gasteiger partial charge is 0.394 e. The molecule has 4 nitrogen and oxygen atoms in total. The van der Waals surface area contributed by atoms with Crippen molar-refractivity contribution in [3.05, 3.63) is 11.6 Å². The second-order valence-electron chi connectivity index (χ2n) is 4.93. The van der Waals surface area contributed by atoms with E-state index in [1.807, 2.05) is 6.08 Å². The summed E-state index contributed by atoms with van der Waals surface area (Å²) in [6, 6.07) is -0.566. The molecule has 0 radical (unpaired) electrons. The van der Waals surface area contributed by atoms with Gasteiger partial charge in [-0.05, 0) is 31.3 Å². The zero-order valence-corrected chi connectivity index (χ0v) is 11.2. The van der Waals surface area contributed by atoms with Gasteiger partial charge in [0.1, 0.15) is 0 Å². The fourth-order valence-corrected chi connectivity index (χ4v) is 2.26. The first-order valence-electron chi connectivity index (χ1n) is 6.96. The van der Waals surface area contributed by atoms with Crippen LogP contribution in [0.25, 0.3) is 0 Å². The summed E-state index contributed by atoms with van der Waals surface area (Å²) in [5, 5.41) is 22.1. The number of rotatable bonds is 8. The fourth-order valence-electron chi connectivity index (χ4n) is 2.26. The molecule has 2 atom stereocenters. The third-order valence-electron chi connectivity index (χ3n) is 3.39. The average Bonchev–Trinajstić information content (AvgIpc) is 2.89. The molecule has 3 N–H and O–H groups in total. The summed E-state index contributed by atoms with van der Waals surface area (Å²) in [6.07, 6.45) is 7.60. The highest BCUT2D eigenvalue weighted by Crippen LogP contribution is 2.22. The van der Waals surface area contributed by atoms with Crippen molar-refractivity contribution >= 4 is 5.91 Å². The number of amides is 1. The molecule has 0 aromatic rings. The minimum absolute atomic E-state index is 0.0832. The van der Waals surface area contributed by atoms with Gasteiger partial charge >= 0.3 is 0 Å². The molecule has 0 heterocycles. The highest BCUT2D eigenvalue weighted by atomic mass is 16.3. The first kappa shape index (κ1) is 15.2. The maximum Gasteiger partial charge on any atom is 0.220 e. The molecule has 0 aliphatic heterocycles. The zero-order chi connectivity index (χ0) is 13.4. The molecule has 0 spiro atoms. The van der Waals surface area contributed by atoms with Crippen molar-refractivity contribution < 1.29 is 15.0 Å². The van der Waals surface area contributed by atoms with Crippen molar-refractivity contribution in [2.24, 2.45) is 0 Å². The van der Waals surface area contributed by atoms with Crippen molar-refractivity contribution in [2.45, 2.75) is 64.0 Å². The molecule has 1 aliphatic carbocycles. The average molecular weight is 255 g/mol. The fraction of sp³-hybridized carbons (Fsp3) is 0.786. The summed E-state index contributed by atoms with van der Waals surface area (Å²) in [5.74, 6) is -0.0832. The molecule has 1 rings (SSSR count). The van der Waals surface area contributed by atoms with E-state index in [0.717, 1.165) is 44.1 Å². The van der Waals surface area contributed by atoms with Gasteiger partial charge in [0.25, 0.3) is 0 Å². The topological polar surface area (TPSA) is 69.6 Å². The van der Waals surface area contributed by atoms with E-state index in [0.29, 0.717) is 6.42 Å². The predicted molar refractivity (Wildman–Crippen MR) is 71.1 cm³/mol. The minimum atomic E-state index is -0.743. The van der Waals surface area contributed by atoms with Gasteiger partial charge in [-0.15, -0.1) is 0 Å². The number of hydrogen-bond donors (Lipinski definition) is 3. The lowest BCUT2D eigenvalue weighted by Gasteiger charge is -2.23. The second-order valence-corrected chi connectivity index (χ2v) is 4.93. The maximum absolute atomic E-state index is 11.7. The highest BCUT2D eigenvalue weighted by Gasteiger charge is 2.24. The summed E-state index contributed by atoms with van der Waals surface area (Å²) in [4.78, 5) is 11.7. The molecule has 2 unspecified atom stereocenters. The quantitative estimate of drug-likeness (QED) is 0.455. The Bertz CT molecular complexity index is 289. The molecular weight excluding hydrogens is 230 g/mol. The first-order valence-corrected chi connectivity index (χ1v) is 6.96. The lowest BCUT2D eigenvalue weighted by atomic mass is 10.0. The number of aliphatic hydroxyl groups excluding tert-OH is 2. The minimum Gasteiger partial charge on any atom is -0.394 e. The second kappa shape index (κ2) is 8.27. The Balaban J connectivity index is 2.38. The zero-order valence-electron chi connectivity index (χ0n) is 11.2. The Kier molecular flexibility index (Phi) is 6.98. The number of allylic oxidation sites excluding steroid dienone is 1. The Morgan fingerprint density at radius 3 is 2.83 bits per heavy atom. The molecule has 1 aliphatic rings. The summed E-state index contributed by atoms with van der Waals surface area (Å²) >= 11 is 0. The van der Waals surface area contributed by atoms with Gasteiger partial charge in [-0.2, -0.15) is 0 Å². The van der Waals surface area contributed by atoms with Crippen molar-refractivity contribution in [3.8, 4) is 0 Å². The van der Waals surface area contributed by atoms with Crippen molar-refractivity contribution in [3.63, 3.8) is 0 Å². The number of nitrogens with one attached hydrogen (secondary N) is 1. The van der Waals surface area contributed by atoms with Crippen LogP contribution in [0.4, 0.5) is 0 Å². The van der Waals surface area contributed by atoms with E-state index in [4.69, 9.17) is 0 Å². The van der Waals surface area contributed by atoms with E-state index in [9.17, 15) is 15.0 Å². The maximum atomic E-state index is 11.7. The number of carbonyl (C=O) groups excluding carboxylic acids is 1. The molecule has 0 aromatic heterocycles. The predicted octanol–water partition coefficient (Wildman–Crippen LogP) is 1.51. The number of carbonyl (C=O) groups is 1. The molecule has 18 heavy (non-hydrogen) atoms. The summed E-state index contributed by atoms with van der Waals surface area (Å²) < 4.78 is 0. The SMILES string of the molecule is CCCCCC(=O)NC(CO)C(O)C1=CCCC1. The molecule has 0 aromatic carbocycles. The van der Waals surface area contributed by atoms with Crippen LogP contribution in [0.3, 0.4) is 0 Å². The molecule has 0 fully saturated rings. The molecule has 0 saturated heterocycles. The van der Waals surface area contributed by atoms with Gasteiger partial charge in [0.05, 0.1) is 18.8 Å². The standard InChI is InChI=1S/C14H25NO3/c1-2-3-4-9-13(17)15-12(10-16)14(18)11-7-5-6-8-11/h7,12,14,16,18H,2-6,8-10H2,1H3,(H,15,17). The molecule has 0 bridgehead atoms. The van der Waals surface area contributed by atoms with Crippen molar-refractivity contribution in [2.75, 3.05) is 6.61 Å². The van der Waals surface area contributed by atoms with Crippen LogP contribution < -0.4 is 5.32 Å². The van der Waals surface area contributed by atoms with Crippen molar-refractivity contribution in [1.29, 1.82) is 0 Å². The van der Waals surface area contributed by atoms with E-state index in [1.54, 1.807) is 0 Å². The first-order chi connectivity index (χ1) is 8.69. The van der Waals surface area contributed by atoms with E-state index in [-0.39, 0.29) is 12.5 Å². The van der Waals surface area contributed by atoms with Crippen LogP contribution in [-0.2, 0) is 4.79 Å². The Hall–Kier alpha value is -0.870. The van der Waals surface area contributed by atoms with Crippen LogP contribution in [0.2, 0.25) is 0 Å². The van der Waals surface area contributed by atoms with Gasteiger partial charge in [-0.25, -0.2) is 0 Å². The molecular formula is C14H25NO3. The highest BCUT2D eigenvalue weighted by molar-refractivity contribution is 5.76. The van der Waals surface area contributed by atoms with Gasteiger partial charge in [0.15, 0.2) is 0 Å². The number of hydrogen-bond acceptors (Lipinski definition) is 3. The molecule has 0 saturated carbocycles. The Morgan fingerprint density at radius 2 is 2.28 bits per heavy atom. The van der Waals surface area contributed by atoms with Crippen LogP contribution in [0.1, 0.15) is 51.9 Å². The third kappa shape index (κ3) is 4.78. The van der Waals surface area contributed by atoms with Crippen molar-refractivity contribution in [1.82, 2.24) is 5.32 Å². The summed E-state index contributed by atoms with van der Waals surface area (Å²) in [6.45, 7) is 1.86. The van der Waals surface area contributed by atoms with Gasteiger partial charge < -0.3 is 15.5 Å². The molecule has 104 valence electrons. The lowest BCUT2D eigenvalue weighted by Crippen LogP contribution is -2.46. The van der Waals surface area contributed by atoms with Gasteiger partial charge in [0, 0.05) is 6.42 Å². The van der Waals surface area contributed by atoms with Crippen LogP contribution in [0, 0.1) is 0 Å². The van der Waals surface area contributed by atoms with Crippen LogP contribution >= 0.6 is 0 Å². The molecule has 4 heteroatoms. The van der Waals surface area contributed by atoms with Gasteiger partial charge in [-0.1, -0.05) is 25.8 Å². The molecule has 1 amide bonds. The summed E-state index contributed by atoms with van der Waals surface area (Å²) in [7, 11) is 0. The lowest BCUT2D eigenvalue weighted by molar-refractivity contribution is -0.123. The number of aliphatic hydroxyl groups is 2. The Morgan fingerprint density at radius 1 is 1.50 bits per heavy atom. The Labute approximate surface area is 109 Å². The normalized spacial score (nSPS) is 18.3. The van der Waals surface area contributed by atoms with Gasteiger partial charge in [-0.3, -0.25) is 4.79 Å². The van der Waals surface area contributed by atoms with Crippen LogP contribution in [0.5, 0.6) is 0 Å². The summed E-state index contributed by atoms with van der Waals surface area (Å²) in [5.41, 5.74) is 0.947. The van der Waals surface area contributed by atoms with Gasteiger partial charge in [0.2, 0.25) is 5.91 Å². The van der Waals surface area contributed by atoms with E-state index in [1.165, 1.54) is 0 Å². The monoisotopic (exact) mass is 255 g/mol. The smallest absolute Gasteiger partial charge is 0.220 e. The van der Waals surface area contributed by atoms with Crippen LogP contribution in [-0.4, -0.2) is 34.9 Å². The van der Waals surface area contributed by atoms with E-state index >= 15 is 0 Å². The van der Waals surface area contributed by atoms with E-state index in [2.05, 4.69) is 12.2 Å². The van der Waals surface area contributed by atoms with Crippen LogP contribution in [0.15, 0.2) is 11.6 Å². The third-order valence-corrected chi connectivity index (χ3v) is 3.39.